The van der Waals surface area contributed by atoms with Crippen LogP contribution in [0.3, 0.4) is 0 Å². The van der Waals surface area contributed by atoms with Gasteiger partial charge in [-0.1, -0.05) is 0 Å². The quantitative estimate of drug-likeness (QED) is 0.638. The van der Waals surface area contributed by atoms with Crippen molar-refractivity contribution >= 4 is 38.9 Å². The van der Waals surface area contributed by atoms with Gasteiger partial charge >= 0.3 is 0 Å². The van der Waals surface area contributed by atoms with Gasteiger partial charge in [-0.25, -0.2) is 15.8 Å². The van der Waals surface area contributed by atoms with Crippen molar-refractivity contribution < 1.29 is 0 Å². The van der Waals surface area contributed by atoms with Gasteiger partial charge < -0.3 is 10.3 Å². The predicted molar refractivity (Wildman–Crippen MR) is 85.9 cm³/mol. The molecule has 0 saturated heterocycles. The minimum Gasteiger partial charge on any atom is -0.355 e. The minimum absolute atomic E-state index is 0.505. The summed E-state index contributed by atoms with van der Waals surface area (Å²) in [5.41, 5.74) is 3.89. The van der Waals surface area contributed by atoms with Gasteiger partial charge in [0.25, 0.3) is 0 Å². The first kappa shape index (κ1) is 13.8. The number of nitrogens with one attached hydrogen (secondary N) is 1. The summed E-state index contributed by atoms with van der Waals surface area (Å²) in [6, 6.07) is 4.01. The van der Waals surface area contributed by atoms with E-state index in [1.54, 1.807) is 11.3 Å². The van der Waals surface area contributed by atoms with Crippen molar-refractivity contribution in [2.24, 2.45) is 5.84 Å². The molecular formula is C13H16BrN5S. The zero-order chi connectivity index (χ0) is 14.1. The Morgan fingerprint density at radius 3 is 2.85 bits per heavy atom. The molecule has 1 aliphatic carbocycles. The van der Waals surface area contributed by atoms with E-state index < -0.39 is 0 Å². The molecule has 0 atom stereocenters. The van der Waals surface area contributed by atoms with E-state index in [0.717, 1.165) is 22.0 Å². The third-order valence-corrected chi connectivity index (χ3v) is 4.81. The number of nitrogen functional groups attached to an aromatic ring is 1. The topological polar surface area (TPSA) is 67.1 Å². The number of rotatable bonds is 5. The fourth-order valence-electron chi connectivity index (χ4n) is 2.03. The van der Waals surface area contributed by atoms with E-state index in [9.17, 15) is 0 Å². The summed E-state index contributed by atoms with van der Waals surface area (Å²) in [5, 5.41) is 2.14. The molecule has 20 heavy (non-hydrogen) atoms. The van der Waals surface area contributed by atoms with Crippen molar-refractivity contribution in [3.63, 3.8) is 0 Å². The van der Waals surface area contributed by atoms with Gasteiger partial charge in [0, 0.05) is 25.6 Å². The van der Waals surface area contributed by atoms with Crippen LogP contribution in [-0.4, -0.2) is 17.0 Å². The van der Waals surface area contributed by atoms with E-state index >= 15 is 0 Å². The van der Waals surface area contributed by atoms with Crippen molar-refractivity contribution in [2.75, 3.05) is 17.4 Å². The molecule has 3 N–H and O–H groups in total. The third kappa shape index (κ3) is 3.11. The number of nitrogens with two attached hydrogens (primary N) is 1. The van der Waals surface area contributed by atoms with E-state index in [0.29, 0.717) is 11.7 Å². The first-order valence-electron chi connectivity index (χ1n) is 6.45. The van der Waals surface area contributed by atoms with Crippen LogP contribution in [0.15, 0.2) is 21.3 Å². The molecule has 0 unspecified atom stereocenters. The van der Waals surface area contributed by atoms with Crippen molar-refractivity contribution in [1.29, 1.82) is 0 Å². The van der Waals surface area contributed by atoms with Gasteiger partial charge in [0.15, 0.2) is 0 Å². The first-order chi connectivity index (χ1) is 9.65. The van der Waals surface area contributed by atoms with Crippen LogP contribution in [0.2, 0.25) is 0 Å². The summed E-state index contributed by atoms with van der Waals surface area (Å²) in [6.45, 7) is 0.813. The Hall–Kier alpha value is -1.18. The van der Waals surface area contributed by atoms with Gasteiger partial charge in [-0.3, -0.25) is 0 Å². The second-order valence-electron chi connectivity index (χ2n) is 5.00. The fraction of sp³-hybridized carbons (Fsp3) is 0.385. The lowest BCUT2D eigenvalue weighted by Crippen LogP contribution is -2.19. The van der Waals surface area contributed by atoms with Crippen LogP contribution >= 0.6 is 27.3 Å². The zero-order valence-corrected chi connectivity index (χ0v) is 13.5. The van der Waals surface area contributed by atoms with Gasteiger partial charge in [-0.05, 0) is 45.8 Å². The van der Waals surface area contributed by atoms with Crippen LogP contribution in [0, 0.1) is 0 Å². The molecule has 5 nitrogen and oxygen atoms in total. The molecule has 0 amide bonds. The zero-order valence-electron chi connectivity index (χ0n) is 11.1. The molecule has 106 valence electrons. The van der Waals surface area contributed by atoms with Gasteiger partial charge in [0.05, 0.1) is 3.79 Å². The van der Waals surface area contributed by atoms with E-state index in [2.05, 4.69) is 47.7 Å². The lowest BCUT2D eigenvalue weighted by atomic mass is 10.3. The van der Waals surface area contributed by atoms with Crippen LogP contribution in [-0.2, 0) is 6.54 Å². The van der Waals surface area contributed by atoms with E-state index in [4.69, 9.17) is 5.84 Å². The number of anilines is 2. The molecule has 0 aromatic carbocycles. The van der Waals surface area contributed by atoms with Crippen LogP contribution in [0.1, 0.15) is 30.1 Å². The molecule has 1 saturated carbocycles. The maximum atomic E-state index is 5.50. The average Bonchev–Trinajstić information content (AvgIpc) is 3.22. The van der Waals surface area contributed by atoms with Gasteiger partial charge in [-0.15, -0.1) is 11.3 Å². The lowest BCUT2D eigenvalue weighted by molar-refractivity contribution is 0.856. The highest BCUT2D eigenvalue weighted by Crippen LogP contribution is 2.39. The fourth-order valence-corrected chi connectivity index (χ4v) is 3.23. The van der Waals surface area contributed by atoms with Gasteiger partial charge in [-0.2, -0.15) is 0 Å². The summed E-state index contributed by atoms with van der Waals surface area (Å²) in [7, 11) is 2.03. The van der Waals surface area contributed by atoms with Crippen molar-refractivity contribution in [2.45, 2.75) is 25.3 Å². The number of hydrazine groups is 1. The van der Waals surface area contributed by atoms with Crippen molar-refractivity contribution in [1.82, 2.24) is 9.97 Å². The molecule has 2 heterocycles. The smallest absolute Gasteiger partial charge is 0.145 e. The van der Waals surface area contributed by atoms with E-state index in [1.807, 2.05) is 13.1 Å². The highest BCUT2D eigenvalue weighted by Gasteiger charge is 2.27. The highest BCUT2D eigenvalue weighted by molar-refractivity contribution is 9.11. The highest BCUT2D eigenvalue weighted by atomic mass is 79.9. The molecule has 3 rings (SSSR count). The van der Waals surface area contributed by atoms with Crippen LogP contribution in [0.25, 0.3) is 0 Å². The van der Waals surface area contributed by atoms with Crippen LogP contribution in [0.5, 0.6) is 0 Å². The Balaban J connectivity index is 1.82. The molecule has 0 aliphatic heterocycles. The molecule has 0 bridgehead atoms. The number of aromatic nitrogens is 2. The number of thiophene rings is 1. The van der Waals surface area contributed by atoms with Crippen LogP contribution in [0.4, 0.5) is 11.6 Å². The van der Waals surface area contributed by atoms with Gasteiger partial charge in [0.2, 0.25) is 0 Å². The van der Waals surface area contributed by atoms with E-state index in [-0.39, 0.29) is 0 Å². The molecular weight excluding hydrogens is 338 g/mol. The molecule has 2 aromatic heterocycles. The van der Waals surface area contributed by atoms with Crippen LogP contribution < -0.4 is 16.2 Å². The summed E-state index contributed by atoms with van der Waals surface area (Å²) in [4.78, 5) is 11.2. The Morgan fingerprint density at radius 2 is 2.25 bits per heavy atom. The van der Waals surface area contributed by atoms with Crippen molar-refractivity contribution in [3.8, 4) is 0 Å². The number of hydrogen-bond acceptors (Lipinski definition) is 6. The molecule has 2 aromatic rings. The van der Waals surface area contributed by atoms with Gasteiger partial charge in [0.1, 0.15) is 17.5 Å². The Morgan fingerprint density at radius 1 is 1.45 bits per heavy atom. The molecule has 7 heteroatoms. The standard InChI is InChI=1S/C13H16BrN5S/c1-19(6-8-4-10(14)20-7-8)12-5-11(18-15)16-13(17-12)9-2-3-9/h4-5,7,9H,2-3,6,15H2,1H3,(H,16,17,18). The molecule has 0 spiro atoms. The Labute approximate surface area is 130 Å². The summed E-state index contributed by atoms with van der Waals surface area (Å²) in [5.74, 6) is 8.48. The maximum Gasteiger partial charge on any atom is 0.145 e. The number of halogens is 1. The third-order valence-electron chi connectivity index (χ3n) is 3.25. The largest absolute Gasteiger partial charge is 0.355 e. The number of hydrogen-bond donors (Lipinski definition) is 2. The predicted octanol–water partition coefficient (Wildman–Crippen LogP) is 3.10. The number of nitrogens with zero attached hydrogens (tertiary/aromatic N) is 3. The SMILES string of the molecule is CN(Cc1csc(Br)c1)c1cc(NN)nc(C2CC2)n1. The monoisotopic (exact) mass is 353 g/mol. The summed E-state index contributed by atoms with van der Waals surface area (Å²) >= 11 is 5.18. The lowest BCUT2D eigenvalue weighted by Gasteiger charge is -2.19. The van der Waals surface area contributed by atoms with E-state index in [1.165, 1.54) is 18.4 Å². The van der Waals surface area contributed by atoms with Crippen molar-refractivity contribution in [3.05, 3.63) is 32.7 Å². The molecule has 1 fully saturated rings. The summed E-state index contributed by atoms with van der Waals surface area (Å²) < 4.78 is 1.14. The second kappa shape index (κ2) is 5.67. The maximum absolute atomic E-state index is 5.50. The normalized spacial score (nSPS) is 14.3. The first-order valence-corrected chi connectivity index (χ1v) is 8.12. The summed E-state index contributed by atoms with van der Waals surface area (Å²) in [6.07, 6.45) is 2.35. The second-order valence-corrected chi connectivity index (χ2v) is 7.29. The Kier molecular flexibility index (Phi) is 3.91. The Bertz CT molecular complexity index is 611. The average molecular weight is 354 g/mol. The minimum atomic E-state index is 0.505. The molecule has 1 aliphatic rings. The molecule has 0 radical (unpaired) electrons.